The van der Waals surface area contributed by atoms with Gasteiger partial charge in [0.2, 0.25) is 0 Å². The lowest BCUT2D eigenvalue weighted by Crippen LogP contribution is -2.39. The molecule has 2 heteroatoms. The largest absolute Gasteiger partial charge is 0.289 e. The molecule has 0 unspecified atom stereocenters. The molecule has 0 bridgehead atoms. The summed E-state index contributed by atoms with van der Waals surface area (Å²) in [5.41, 5.74) is 9.97. The van der Waals surface area contributed by atoms with Crippen LogP contribution in [0, 0.1) is 13.8 Å². The van der Waals surface area contributed by atoms with Crippen LogP contribution in [0.2, 0.25) is 0 Å². The van der Waals surface area contributed by atoms with Crippen LogP contribution in [0.5, 0.6) is 0 Å². The molecule has 1 aliphatic heterocycles. The summed E-state index contributed by atoms with van der Waals surface area (Å²) in [6, 6.07) is 11.5. The maximum Gasteiger partial charge on any atom is 0.289 e. The molecule has 0 radical (unpaired) electrons. The second-order valence-electron chi connectivity index (χ2n) is 7.61. The molecule has 0 saturated heterocycles. The summed E-state index contributed by atoms with van der Waals surface area (Å²) in [5.74, 6) is 1.94. The molecule has 4 rings (SSSR count). The molecule has 3 aromatic rings. The number of aromatic nitrogens is 2. The quantitative estimate of drug-likeness (QED) is 0.599. The highest BCUT2D eigenvalue weighted by atomic mass is 15.2. The molecule has 0 spiro atoms. The Morgan fingerprint density at radius 3 is 2.58 bits per heavy atom. The Labute approximate surface area is 144 Å². The van der Waals surface area contributed by atoms with Gasteiger partial charge in [0.1, 0.15) is 0 Å². The zero-order chi connectivity index (χ0) is 17.0. The second kappa shape index (κ2) is 5.47. The number of benzene rings is 2. The Morgan fingerprint density at radius 2 is 1.88 bits per heavy atom. The van der Waals surface area contributed by atoms with Crippen molar-refractivity contribution >= 4 is 11.0 Å². The lowest BCUT2D eigenvalue weighted by Gasteiger charge is -2.17. The van der Waals surface area contributed by atoms with Crippen LogP contribution in [0.4, 0.5) is 0 Å². The van der Waals surface area contributed by atoms with E-state index in [1.54, 1.807) is 5.56 Å². The molecule has 0 amide bonds. The first kappa shape index (κ1) is 15.4. The van der Waals surface area contributed by atoms with Gasteiger partial charge < -0.3 is 0 Å². The molecular weight excluding hydrogens is 292 g/mol. The van der Waals surface area contributed by atoms with E-state index in [1.807, 2.05) is 0 Å². The van der Waals surface area contributed by atoms with Crippen LogP contribution in [0.15, 0.2) is 30.3 Å². The van der Waals surface area contributed by atoms with Crippen LogP contribution in [0.25, 0.3) is 22.4 Å². The van der Waals surface area contributed by atoms with Crippen molar-refractivity contribution in [1.82, 2.24) is 4.57 Å². The van der Waals surface area contributed by atoms with Crippen molar-refractivity contribution in [2.45, 2.75) is 53.0 Å². The minimum absolute atomic E-state index is 0.584. The summed E-state index contributed by atoms with van der Waals surface area (Å²) < 4.78 is 4.96. The Balaban J connectivity index is 2.08. The third kappa shape index (κ3) is 2.12. The number of aryl methyl sites for hydroxylation is 5. The third-order valence-corrected chi connectivity index (χ3v) is 5.56. The van der Waals surface area contributed by atoms with Gasteiger partial charge in [-0.2, -0.15) is 0 Å². The predicted molar refractivity (Wildman–Crippen MR) is 100 cm³/mol. The first-order valence-electron chi connectivity index (χ1n) is 9.10. The summed E-state index contributed by atoms with van der Waals surface area (Å²) in [5, 5.41) is 0. The zero-order valence-corrected chi connectivity index (χ0v) is 15.5. The molecule has 0 N–H and O–H groups in total. The minimum atomic E-state index is 0.584. The van der Waals surface area contributed by atoms with Crippen molar-refractivity contribution in [3.8, 4) is 11.4 Å². The van der Waals surface area contributed by atoms with Gasteiger partial charge in [0.25, 0.3) is 5.82 Å². The van der Waals surface area contributed by atoms with Gasteiger partial charge in [0.15, 0.2) is 11.0 Å². The Hall–Kier alpha value is -2.09. The molecule has 0 saturated carbocycles. The summed E-state index contributed by atoms with van der Waals surface area (Å²) in [4.78, 5) is 0. The topological polar surface area (TPSA) is 8.81 Å². The van der Waals surface area contributed by atoms with E-state index in [9.17, 15) is 0 Å². The van der Waals surface area contributed by atoms with Crippen LogP contribution < -0.4 is 4.57 Å². The van der Waals surface area contributed by atoms with Crippen molar-refractivity contribution in [3.05, 3.63) is 52.6 Å². The maximum absolute atomic E-state index is 2.57. The maximum atomic E-state index is 2.57. The fourth-order valence-corrected chi connectivity index (χ4v) is 4.44. The van der Waals surface area contributed by atoms with Crippen molar-refractivity contribution < 1.29 is 4.57 Å². The minimum Gasteiger partial charge on any atom is -0.226 e. The average molecular weight is 319 g/mol. The zero-order valence-electron chi connectivity index (χ0n) is 15.5. The fourth-order valence-electron chi connectivity index (χ4n) is 4.44. The van der Waals surface area contributed by atoms with Gasteiger partial charge in [-0.3, -0.25) is 0 Å². The van der Waals surface area contributed by atoms with Gasteiger partial charge in [-0.15, -0.1) is 0 Å². The number of nitrogens with zero attached hydrogens (tertiary/aromatic N) is 2. The summed E-state index contributed by atoms with van der Waals surface area (Å²) in [6.07, 6.45) is 2.44. The Bertz CT molecular complexity index is 944. The Kier molecular flexibility index (Phi) is 3.52. The molecule has 0 aliphatic carbocycles. The van der Waals surface area contributed by atoms with E-state index in [0.717, 1.165) is 6.54 Å². The third-order valence-electron chi connectivity index (χ3n) is 5.56. The predicted octanol–water partition coefficient (Wildman–Crippen LogP) is 4.82. The molecule has 2 nitrogen and oxygen atoms in total. The lowest BCUT2D eigenvalue weighted by molar-refractivity contribution is -0.664. The average Bonchev–Trinajstić information content (AvgIpc) is 2.82. The van der Waals surface area contributed by atoms with Crippen LogP contribution in [-0.2, 0) is 20.0 Å². The van der Waals surface area contributed by atoms with Gasteiger partial charge in [-0.05, 0) is 55.9 Å². The smallest absolute Gasteiger partial charge is 0.226 e. The molecule has 1 aliphatic rings. The van der Waals surface area contributed by atoms with E-state index in [0.29, 0.717) is 5.92 Å². The lowest BCUT2D eigenvalue weighted by atomic mass is 9.91. The van der Waals surface area contributed by atoms with Crippen molar-refractivity contribution in [3.63, 3.8) is 0 Å². The molecule has 24 heavy (non-hydrogen) atoms. The summed E-state index contributed by atoms with van der Waals surface area (Å²) in [7, 11) is 2.22. The number of hydrogen-bond donors (Lipinski definition) is 0. The van der Waals surface area contributed by atoms with E-state index in [2.05, 4.69) is 74.2 Å². The summed E-state index contributed by atoms with van der Waals surface area (Å²) in [6.45, 7) is 10.1. The van der Waals surface area contributed by atoms with E-state index in [-0.39, 0.29) is 0 Å². The monoisotopic (exact) mass is 319 g/mol. The molecule has 0 fully saturated rings. The molecule has 2 heterocycles. The molecular formula is C22H27N2+. The van der Waals surface area contributed by atoms with Gasteiger partial charge in [-0.25, -0.2) is 9.13 Å². The van der Waals surface area contributed by atoms with Gasteiger partial charge in [0.05, 0.1) is 19.2 Å². The number of imidazole rings is 1. The van der Waals surface area contributed by atoms with E-state index >= 15 is 0 Å². The summed E-state index contributed by atoms with van der Waals surface area (Å²) >= 11 is 0. The number of rotatable bonds is 2. The van der Waals surface area contributed by atoms with Crippen LogP contribution in [-0.4, -0.2) is 4.57 Å². The highest BCUT2D eigenvalue weighted by molar-refractivity contribution is 5.81. The Morgan fingerprint density at radius 1 is 1.08 bits per heavy atom. The van der Waals surface area contributed by atoms with Crippen LogP contribution >= 0.6 is 0 Å². The standard InChI is InChI=1S/C22H27N2/c1-14(2)17-10-11-20-21-19(17)7-6-12-24(21)22(23(20)5)18-9-8-15(3)13-16(18)4/h8-11,13-14H,6-7,12H2,1-5H3/q+1. The second-order valence-corrected chi connectivity index (χ2v) is 7.61. The normalized spacial score (nSPS) is 13.9. The molecule has 2 aromatic carbocycles. The molecule has 1 aromatic heterocycles. The van der Waals surface area contributed by atoms with Crippen molar-refractivity contribution in [2.24, 2.45) is 7.05 Å². The number of hydrogen-bond acceptors (Lipinski definition) is 0. The molecule has 124 valence electrons. The van der Waals surface area contributed by atoms with Gasteiger partial charge in [0, 0.05) is 5.56 Å². The highest BCUT2D eigenvalue weighted by Crippen LogP contribution is 2.33. The highest BCUT2D eigenvalue weighted by Gasteiger charge is 2.31. The fraction of sp³-hybridized carbons (Fsp3) is 0.409. The first-order chi connectivity index (χ1) is 11.5. The molecule has 0 atom stereocenters. The first-order valence-corrected chi connectivity index (χ1v) is 9.10. The van der Waals surface area contributed by atoms with Crippen LogP contribution in [0.3, 0.4) is 0 Å². The van der Waals surface area contributed by atoms with Crippen molar-refractivity contribution in [2.75, 3.05) is 0 Å². The van der Waals surface area contributed by atoms with Gasteiger partial charge >= 0.3 is 0 Å². The van der Waals surface area contributed by atoms with Crippen molar-refractivity contribution in [1.29, 1.82) is 0 Å². The van der Waals surface area contributed by atoms with Gasteiger partial charge in [-0.1, -0.05) is 37.6 Å². The van der Waals surface area contributed by atoms with E-state index < -0.39 is 0 Å². The SMILES string of the molecule is Cc1ccc(-c2n(C)c3ccc(C(C)C)c4c3[n+]2CCC4)c(C)c1. The van der Waals surface area contributed by atoms with E-state index in [4.69, 9.17) is 0 Å². The van der Waals surface area contributed by atoms with E-state index in [1.165, 1.54) is 52.0 Å². The van der Waals surface area contributed by atoms with Crippen LogP contribution in [0.1, 0.15) is 48.4 Å².